The van der Waals surface area contributed by atoms with E-state index in [9.17, 15) is 0 Å². The van der Waals surface area contributed by atoms with Crippen molar-refractivity contribution < 1.29 is 0 Å². The highest BCUT2D eigenvalue weighted by Gasteiger charge is 2.32. The van der Waals surface area contributed by atoms with Crippen LogP contribution in [0, 0.1) is 11.8 Å². The van der Waals surface area contributed by atoms with Gasteiger partial charge >= 0.3 is 0 Å². The van der Waals surface area contributed by atoms with E-state index in [1.165, 1.54) is 31.3 Å². The van der Waals surface area contributed by atoms with Gasteiger partial charge in [0.2, 0.25) is 0 Å². The number of anilines is 12. The Balaban J connectivity index is 0.833. The van der Waals surface area contributed by atoms with Gasteiger partial charge in [-0.2, -0.15) is 0 Å². The molecule has 0 aliphatic carbocycles. The predicted octanol–water partition coefficient (Wildman–Crippen LogP) is 23.5. The number of hydrogen-bond acceptors (Lipinski definition) is 8. The number of nitrogens with zero attached hydrogens (tertiary/aromatic N) is 4. The van der Waals surface area contributed by atoms with Crippen LogP contribution in [0.3, 0.4) is 0 Å². The Morgan fingerprint density at radius 2 is 0.349 bits per heavy atom. The highest BCUT2D eigenvalue weighted by atomic mass is 32.1. The van der Waals surface area contributed by atoms with E-state index < -0.39 is 0 Å². The van der Waals surface area contributed by atoms with Gasteiger partial charge in [-0.3, -0.25) is 0 Å². The summed E-state index contributed by atoms with van der Waals surface area (Å²) in [6, 6.07) is 122. The maximum Gasteiger partial charge on any atom is 0.110 e. The van der Waals surface area contributed by atoms with Crippen LogP contribution in [-0.2, 0) is 0 Å². The molecule has 0 N–H and O–H groups in total. The fourth-order valence-corrected chi connectivity index (χ4v) is 15.7. The van der Waals surface area contributed by atoms with E-state index in [0.717, 1.165) is 87.8 Å². The monoisotopic (exact) mass is 1180 g/mol. The van der Waals surface area contributed by atoms with E-state index >= 15 is 0 Å². The molecule has 0 spiro atoms. The molecule has 0 atom stereocenters. The van der Waals surface area contributed by atoms with Gasteiger partial charge in [-0.15, -0.1) is 0 Å². The molecule has 8 heteroatoms. The van der Waals surface area contributed by atoms with Crippen molar-refractivity contribution in [1.82, 2.24) is 0 Å². The smallest absolute Gasteiger partial charge is 0.110 e. The molecule has 0 aliphatic heterocycles. The first-order valence-electron chi connectivity index (χ1n) is 28.6. The van der Waals surface area contributed by atoms with Crippen LogP contribution < -0.4 is 19.6 Å². The highest BCUT2D eigenvalue weighted by molar-refractivity contribution is 7.19. The predicted molar refractivity (Wildman–Crippen MR) is 369 cm³/mol. The van der Waals surface area contributed by atoms with Gasteiger partial charge in [0.15, 0.2) is 0 Å². The van der Waals surface area contributed by atoms with Gasteiger partial charge in [-0.25, -0.2) is 0 Å². The molecule has 10 aromatic carbocycles. The van der Waals surface area contributed by atoms with E-state index in [2.05, 4.69) is 359 Å². The molecule has 4 aromatic heterocycles. The molecular weight excluding hydrogens is 1120 g/mol. The molecule has 0 amide bonds. The van der Waals surface area contributed by atoms with E-state index in [0.29, 0.717) is 0 Å². The van der Waals surface area contributed by atoms with E-state index in [1.807, 2.05) is 45.3 Å². The lowest BCUT2D eigenvalue weighted by Gasteiger charge is -2.23. The average molecular weight is 1180 g/mol. The summed E-state index contributed by atoms with van der Waals surface area (Å²) in [6.07, 6.45) is 0. The highest BCUT2D eigenvalue weighted by Crippen LogP contribution is 2.50. The van der Waals surface area contributed by atoms with Crippen LogP contribution in [-0.4, -0.2) is 0 Å². The summed E-state index contributed by atoms with van der Waals surface area (Å²) >= 11 is 7.27. The largest absolute Gasteiger partial charge is 0.301 e. The maximum absolute atomic E-state index is 2.36. The second-order valence-corrected chi connectivity index (χ2v) is 24.7. The molecular formula is C78H56N4S4+2. The van der Waals surface area contributed by atoms with Crippen LogP contribution in [0.4, 0.5) is 65.5 Å². The fourth-order valence-electron chi connectivity index (χ4n) is 11.0. The van der Waals surface area contributed by atoms with Gasteiger partial charge in [0, 0.05) is 118 Å². The molecule has 0 unspecified atom stereocenters. The maximum atomic E-state index is 2.36. The van der Waals surface area contributed by atoms with Crippen LogP contribution in [0.25, 0.3) is 11.1 Å². The zero-order chi connectivity index (χ0) is 57.4. The van der Waals surface area contributed by atoms with Crippen molar-refractivity contribution in [3.63, 3.8) is 0 Å². The van der Waals surface area contributed by atoms with E-state index in [-0.39, 0.29) is 0 Å². The Bertz CT molecular complexity index is 3710. The Morgan fingerprint density at radius 3 is 0.523 bits per heavy atom. The third kappa shape index (κ3) is 11.4. The second kappa shape index (κ2) is 25.0. The first-order valence-corrected chi connectivity index (χ1v) is 31.9. The molecule has 410 valence electrons. The Hall–Kier alpha value is -10.1. The third-order valence-corrected chi connectivity index (χ3v) is 19.4. The standard InChI is InChI=1S/C78H56N4S4/c1-9-25-61(26-10-1)79(62-27-11-2-12-28-62)73-53-49-69(83-73)77(70-50-54-74(84-70)80(63-29-13-3-14-30-63)64-31-15-4-16-32-64)59-45-41-57(42-46-59)58-43-47-60(48-44-58)78(71-51-55-75(85-71)81(65-33-17-5-18-34-65)66-35-19-6-20-36-66)72-52-56-76(86-72)82(67-37-21-7-22-38-67)68-39-23-8-24-40-68/h1-56H/q+2. The molecule has 4 nitrogen and oxygen atoms in total. The van der Waals surface area contributed by atoms with Gasteiger partial charge in [0.1, 0.15) is 39.5 Å². The van der Waals surface area contributed by atoms with Crippen molar-refractivity contribution in [2.24, 2.45) is 0 Å². The molecule has 0 saturated heterocycles. The van der Waals surface area contributed by atoms with Crippen molar-refractivity contribution in [1.29, 1.82) is 0 Å². The van der Waals surface area contributed by atoms with Gasteiger partial charge in [0.25, 0.3) is 0 Å². The zero-order valence-corrected chi connectivity index (χ0v) is 50.0. The lowest BCUT2D eigenvalue weighted by molar-refractivity contribution is 1.30. The molecule has 0 radical (unpaired) electrons. The Labute approximate surface area is 520 Å². The van der Waals surface area contributed by atoms with Crippen LogP contribution >= 0.6 is 45.3 Å². The molecule has 0 aliphatic rings. The zero-order valence-electron chi connectivity index (χ0n) is 46.8. The van der Waals surface area contributed by atoms with Crippen molar-refractivity contribution >= 4 is 111 Å². The first kappa shape index (κ1) is 53.9. The summed E-state index contributed by atoms with van der Waals surface area (Å²) in [5.41, 5.74) is 13.5. The molecule has 0 bridgehead atoms. The molecule has 4 heterocycles. The summed E-state index contributed by atoms with van der Waals surface area (Å²) in [5.74, 6) is 2.39. The van der Waals surface area contributed by atoms with E-state index in [4.69, 9.17) is 0 Å². The number of benzene rings is 10. The fraction of sp³-hybridized carbons (Fsp3) is 0. The quantitative estimate of drug-likeness (QED) is 0.0748. The van der Waals surface area contributed by atoms with Crippen LogP contribution in [0.5, 0.6) is 0 Å². The van der Waals surface area contributed by atoms with Crippen molar-refractivity contribution in [2.45, 2.75) is 0 Å². The normalized spacial score (nSPS) is 11.0. The van der Waals surface area contributed by atoms with Crippen molar-refractivity contribution in [2.75, 3.05) is 19.6 Å². The minimum absolute atomic E-state index is 1.12. The number of hydrogen-bond donors (Lipinski definition) is 0. The van der Waals surface area contributed by atoms with Crippen molar-refractivity contribution in [3.05, 3.63) is 382 Å². The van der Waals surface area contributed by atoms with Crippen LogP contribution in [0.15, 0.2) is 340 Å². The second-order valence-electron chi connectivity index (χ2n) is 20.5. The Morgan fingerprint density at radius 1 is 0.174 bits per heavy atom. The minimum Gasteiger partial charge on any atom is -0.301 e. The SMILES string of the molecule is c1ccc(N(c2ccccc2)c2ccc([C+](c3ccc(-c4ccc([C+](c5ccc(N(c6ccccc6)c6ccccc6)s5)c5ccc(N(c6ccccc6)c6ccccc6)s5)cc4)cc3)c3ccc(N(c4ccccc4)c4ccccc4)s3)s2)cc1. The number of thiophene rings is 4. The molecule has 0 fully saturated rings. The summed E-state index contributed by atoms with van der Waals surface area (Å²) in [7, 11) is 0. The molecule has 14 rings (SSSR count). The Kier molecular flexibility index (Phi) is 15.7. The van der Waals surface area contributed by atoms with Gasteiger partial charge in [-0.05, 0) is 132 Å². The van der Waals surface area contributed by atoms with Gasteiger partial charge in [0.05, 0.1) is 23.0 Å². The summed E-state index contributed by atoms with van der Waals surface area (Å²) in [6.45, 7) is 0. The number of para-hydroxylation sites is 8. The summed E-state index contributed by atoms with van der Waals surface area (Å²) in [5, 5.41) is 4.56. The van der Waals surface area contributed by atoms with Gasteiger partial charge < -0.3 is 19.6 Å². The van der Waals surface area contributed by atoms with E-state index in [1.54, 1.807) is 0 Å². The lowest BCUT2D eigenvalue weighted by atomic mass is 9.92. The summed E-state index contributed by atoms with van der Waals surface area (Å²) in [4.78, 5) is 14.2. The number of rotatable bonds is 19. The van der Waals surface area contributed by atoms with Crippen molar-refractivity contribution in [3.8, 4) is 11.1 Å². The average Bonchev–Trinajstić information content (AvgIpc) is 2.48. The van der Waals surface area contributed by atoms with Gasteiger partial charge in [-0.1, -0.05) is 191 Å². The molecule has 14 aromatic rings. The third-order valence-electron chi connectivity index (χ3n) is 15.0. The molecule has 0 saturated carbocycles. The minimum atomic E-state index is 1.12. The first-order chi connectivity index (χ1) is 42.7. The molecule has 86 heavy (non-hydrogen) atoms. The summed E-state index contributed by atoms with van der Waals surface area (Å²) < 4.78 is 0. The van der Waals surface area contributed by atoms with Crippen LogP contribution in [0.1, 0.15) is 30.6 Å². The topological polar surface area (TPSA) is 13.0 Å². The van der Waals surface area contributed by atoms with Crippen LogP contribution in [0.2, 0.25) is 0 Å². The lowest BCUT2D eigenvalue weighted by Crippen LogP contribution is -2.08.